The lowest BCUT2D eigenvalue weighted by Crippen LogP contribution is -2.14. The van der Waals surface area contributed by atoms with Crippen LogP contribution in [0.3, 0.4) is 0 Å². The van der Waals surface area contributed by atoms with E-state index in [0.717, 1.165) is 12.1 Å². The van der Waals surface area contributed by atoms with Gasteiger partial charge < -0.3 is 9.73 Å². The zero-order chi connectivity index (χ0) is 15.4. The maximum atomic E-state index is 12.3. The van der Waals surface area contributed by atoms with Crippen LogP contribution in [0.25, 0.3) is 0 Å². The Labute approximate surface area is 139 Å². The molecule has 0 radical (unpaired) electrons. The monoisotopic (exact) mass is 397 g/mol. The molecule has 4 heteroatoms. The Morgan fingerprint density at radius 3 is 2.57 bits per heavy atom. The van der Waals surface area contributed by atoms with E-state index >= 15 is 0 Å². The summed E-state index contributed by atoms with van der Waals surface area (Å²) in [4.78, 5) is 12.3. The highest BCUT2D eigenvalue weighted by atomic mass is 127. The lowest BCUT2D eigenvalue weighted by molar-refractivity contribution is 0.102. The SMILES string of the molecule is CC(C)CC(C)c1ccccc1NC(=O)c1ccoc1I. The fourth-order valence-electron chi connectivity index (χ4n) is 2.52. The first-order chi connectivity index (χ1) is 9.99. The van der Waals surface area contributed by atoms with Crippen molar-refractivity contribution in [3.63, 3.8) is 0 Å². The molecule has 2 aromatic rings. The van der Waals surface area contributed by atoms with Crippen molar-refractivity contribution in [2.45, 2.75) is 33.1 Å². The van der Waals surface area contributed by atoms with E-state index in [9.17, 15) is 4.79 Å². The maximum absolute atomic E-state index is 12.3. The average Bonchev–Trinajstić information content (AvgIpc) is 2.84. The molecule has 0 aliphatic heterocycles. The molecule has 0 aliphatic carbocycles. The highest BCUT2D eigenvalue weighted by molar-refractivity contribution is 14.1. The molecule has 1 atom stereocenters. The molecule has 21 heavy (non-hydrogen) atoms. The minimum absolute atomic E-state index is 0.127. The van der Waals surface area contributed by atoms with E-state index in [1.165, 1.54) is 11.8 Å². The number of rotatable bonds is 5. The van der Waals surface area contributed by atoms with Crippen LogP contribution in [0.4, 0.5) is 5.69 Å². The molecule has 1 aromatic carbocycles. The molecule has 3 nitrogen and oxygen atoms in total. The molecule has 0 fully saturated rings. The van der Waals surface area contributed by atoms with Crippen molar-refractivity contribution in [2.75, 3.05) is 5.32 Å². The van der Waals surface area contributed by atoms with E-state index in [0.29, 0.717) is 21.2 Å². The van der Waals surface area contributed by atoms with Gasteiger partial charge in [0.25, 0.3) is 5.91 Å². The number of halogens is 1. The third-order valence-corrected chi connectivity index (χ3v) is 4.26. The van der Waals surface area contributed by atoms with Gasteiger partial charge in [0.05, 0.1) is 11.8 Å². The average molecular weight is 397 g/mol. The summed E-state index contributed by atoms with van der Waals surface area (Å²) < 4.78 is 5.79. The summed E-state index contributed by atoms with van der Waals surface area (Å²) in [5, 5.41) is 3.00. The summed E-state index contributed by atoms with van der Waals surface area (Å²) in [5.41, 5.74) is 2.63. The van der Waals surface area contributed by atoms with Crippen LogP contribution >= 0.6 is 22.6 Å². The van der Waals surface area contributed by atoms with Crippen molar-refractivity contribution < 1.29 is 9.21 Å². The van der Waals surface area contributed by atoms with Gasteiger partial charge in [-0.3, -0.25) is 4.79 Å². The quantitative estimate of drug-likeness (QED) is 0.697. The molecule has 1 heterocycles. The number of furan rings is 1. The van der Waals surface area contributed by atoms with Crippen LogP contribution in [0.1, 0.15) is 49.0 Å². The van der Waals surface area contributed by atoms with Gasteiger partial charge in [0.1, 0.15) is 0 Å². The zero-order valence-corrected chi connectivity index (χ0v) is 14.7. The van der Waals surface area contributed by atoms with Gasteiger partial charge in [-0.25, -0.2) is 0 Å². The second kappa shape index (κ2) is 7.11. The van der Waals surface area contributed by atoms with Gasteiger partial charge in [0.15, 0.2) is 3.77 Å². The van der Waals surface area contributed by atoms with E-state index < -0.39 is 0 Å². The molecule has 0 saturated heterocycles. The number of hydrogen-bond acceptors (Lipinski definition) is 2. The smallest absolute Gasteiger partial charge is 0.260 e. The molecule has 1 aromatic heterocycles. The molecule has 0 bridgehead atoms. The number of para-hydroxylation sites is 1. The van der Waals surface area contributed by atoms with Gasteiger partial charge in [-0.05, 0) is 36.0 Å². The van der Waals surface area contributed by atoms with Crippen molar-refractivity contribution in [1.82, 2.24) is 0 Å². The zero-order valence-electron chi connectivity index (χ0n) is 12.5. The summed E-state index contributed by atoms with van der Waals surface area (Å²) in [6.07, 6.45) is 2.63. The fourth-order valence-corrected chi connectivity index (χ4v) is 3.09. The van der Waals surface area contributed by atoms with E-state index in [1.807, 2.05) is 40.8 Å². The van der Waals surface area contributed by atoms with Gasteiger partial charge in [-0.1, -0.05) is 39.0 Å². The molecule has 0 saturated carbocycles. The topological polar surface area (TPSA) is 42.2 Å². The van der Waals surface area contributed by atoms with Gasteiger partial charge in [-0.2, -0.15) is 0 Å². The van der Waals surface area contributed by atoms with E-state index in [2.05, 4.69) is 32.2 Å². The summed E-state index contributed by atoms with van der Waals surface area (Å²) in [6, 6.07) is 9.70. The fraction of sp³-hybridized carbons (Fsp3) is 0.353. The third kappa shape index (κ3) is 4.09. The van der Waals surface area contributed by atoms with Crippen molar-refractivity contribution in [3.8, 4) is 0 Å². The van der Waals surface area contributed by atoms with Crippen molar-refractivity contribution >= 4 is 34.2 Å². The highest BCUT2D eigenvalue weighted by Gasteiger charge is 2.16. The predicted octanol–water partition coefficient (Wildman–Crippen LogP) is 5.29. The number of carbonyl (C=O) groups is 1. The minimum atomic E-state index is -0.127. The van der Waals surface area contributed by atoms with E-state index in [1.54, 1.807) is 6.07 Å². The molecular formula is C17H20INO2. The number of anilines is 1. The maximum Gasteiger partial charge on any atom is 0.260 e. The standard InChI is InChI=1S/C17H20INO2/c1-11(2)10-12(3)13-6-4-5-7-15(13)19-17(20)14-8-9-21-16(14)18/h4-9,11-12H,10H2,1-3H3,(H,19,20). The van der Waals surface area contributed by atoms with Crippen LogP contribution in [0.5, 0.6) is 0 Å². The largest absolute Gasteiger partial charge is 0.458 e. The molecule has 0 spiro atoms. The Balaban J connectivity index is 2.21. The Kier molecular flexibility index (Phi) is 5.45. The number of benzene rings is 1. The first-order valence-corrected chi connectivity index (χ1v) is 8.20. The lowest BCUT2D eigenvalue weighted by Gasteiger charge is -2.18. The second-order valence-electron chi connectivity index (χ2n) is 5.68. The normalized spacial score (nSPS) is 12.4. The minimum Gasteiger partial charge on any atom is -0.458 e. The predicted molar refractivity (Wildman–Crippen MR) is 93.7 cm³/mol. The second-order valence-corrected chi connectivity index (χ2v) is 6.66. The first-order valence-electron chi connectivity index (χ1n) is 7.12. The molecule has 1 unspecified atom stereocenters. The van der Waals surface area contributed by atoms with E-state index in [4.69, 9.17) is 4.42 Å². The van der Waals surface area contributed by atoms with Gasteiger partial charge >= 0.3 is 0 Å². The molecular weight excluding hydrogens is 377 g/mol. The molecule has 1 N–H and O–H groups in total. The van der Waals surface area contributed by atoms with E-state index in [-0.39, 0.29) is 5.91 Å². The number of hydrogen-bond donors (Lipinski definition) is 1. The number of nitrogens with one attached hydrogen (secondary N) is 1. The lowest BCUT2D eigenvalue weighted by atomic mass is 9.91. The van der Waals surface area contributed by atoms with Crippen molar-refractivity contribution in [3.05, 3.63) is 51.5 Å². The third-order valence-electron chi connectivity index (χ3n) is 3.43. The molecule has 1 amide bonds. The summed E-state index contributed by atoms with van der Waals surface area (Å²) in [5.74, 6) is 0.904. The Morgan fingerprint density at radius 1 is 1.24 bits per heavy atom. The summed E-state index contributed by atoms with van der Waals surface area (Å²) in [6.45, 7) is 6.63. The van der Waals surface area contributed by atoms with Gasteiger partial charge in [0.2, 0.25) is 0 Å². The Hall–Kier alpha value is -1.30. The Morgan fingerprint density at radius 2 is 1.95 bits per heavy atom. The van der Waals surface area contributed by atoms with Crippen LogP contribution in [0, 0.1) is 9.68 Å². The van der Waals surface area contributed by atoms with Crippen LogP contribution in [-0.2, 0) is 0 Å². The van der Waals surface area contributed by atoms with Gasteiger partial charge in [-0.15, -0.1) is 0 Å². The Bertz CT molecular complexity index is 619. The molecule has 112 valence electrons. The summed E-state index contributed by atoms with van der Waals surface area (Å²) >= 11 is 2.02. The van der Waals surface area contributed by atoms with Crippen LogP contribution < -0.4 is 5.32 Å². The van der Waals surface area contributed by atoms with Gasteiger partial charge in [0, 0.05) is 28.3 Å². The first kappa shape index (κ1) is 16.1. The highest BCUT2D eigenvalue weighted by Crippen LogP contribution is 2.29. The molecule has 0 aliphatic rings. The van der Waals surface area contributed by atoms with Crippen LogP contribution in [0.15, 0.2) is 41.0 Å². The molecule has 2 rings (SSSR count). The van der Waals surface area contributed by atoms with Crippen LogP contribution in [-0.4, -0.2) is 5.91 Å². The van der Waals surface area contributed by atoms with Crippen molar-refractivity contribution in [1.29, 1.82) is 0 Å². The number of carbonyl (C=O) groups excluding carboxylic acids is 1. The number of amides is 1. The van der Waals surface area contributed by atoms with Crippen molar-refractivity contribution in [2.24, 2.45) is 5.92 Å². The summed E-state index contributed by atoms with van der Waals surface area (Å²) in [7, 11) is 0. The van der Waals surface area contributed by atoms with Crippen LogP contribution in [0.2, 0.25) is 0 Å².